The summed E-state index contributed by atoms with van der Waals surface area (Å²) in [5.41, 5.74) is 8.27. The summed E-state index contributed by atoms with van der Waals surface area (Å²) in [5.74, 6) is 0.803. The number of benzene rings is 1. The zero-order chi connectivity index (χ0) is 10.7. The van der Waals surface area contributed by atoms with Crippen LogP contribution in [0.5, 0.6) is 5.75 Å². The van der Waals surface area contributed by atoms with Gasteiger partial charge in [-0.05, 0) is 24.3 Å². The molecule has 0 fully saturated rings. The van der Waals surface area contributed by atoms with Crippen LogP contribution in [-0.2, 0) is 0 Å². The first-order valence-electron chi connectivity index (χ1n) is 4.66. The number of aromatic nitrogens is 1. The maximum Gasteiger partial charge on any atom is 0.119 e. The van der Waals surface area contributed by atoms with Gasteiger partial charge >= 0.3 is 0 Å². The van der Waals surface area contributed by atoms with Gasteiger partial charge in [-0.3, -0.25) is 4.98 Å². The van der Waals surface area contributed by atoms with Crippen LogP contribution in [0.1, 0.15) is 0 Å². The molecule has 0 radical (unpaired) electrons. The number of rotatable bonds is 2. The number of anilines is 1. The summed E-state index contributed by atoms with van der Waals surface area (Å²) in [5, 5.41) is 0. The molecule has 0 aliphatic heterocycles. The lowest BCUT2D eigenvalue weighted by atomic mass is 10.1. The molecule has 3 heteroatoms. The Kier molecular flexibility index (Phi) is 2.54. The van der Waals surface area contributed by atoms with Gasteiger partial charge in [0.25, 0.3) is 0 Å². The van der Waals surface area contributed by atoms with E-state index in [0.29, 0.717) is 5.69 Å². The summed E-state index contributed by atoms with van der Waals surface area (Å²) in [7, 11) is 1.64. The predicted molar refractivity (Wildman–Crippen MR) is 60.6 cm³/mol. The molecule has 0 saturated heterocycles. The number of ether oxygens (including phenoxy) is 1. The average molecular weight is 200 g/mol. The third kappa shape index (κ3) is 1.91. The number of hydrogen-bond acceptors (Lipinski definition) is 3. The zero-order valence-electron chi connectivity index (χ0n) is 8.47. The number of nitrogens with two attached hydrogens (primary N) is 1. The van der Waals surface area contributed by atoms with Gasteiger partial charge in [0, 0.05) is 11.8 Å². The van der Waals surface area contributed by atoms with E-state index in [0.717, 1.165) is 17.0 Å². The molecule has 1 aromatic heterocycles. The van der Waals surface area contributed by atoms with Gasteiger partial charge in [-0.2, -0.15) is 0 Å². The Balaban J connectivity index is 2.49. The quantitative estimate of drug-likeness (QED) is 0.809. The van der Waals surface area contributed by atoms with Gasteiger partial charge in [-0.25, -0.2) is 0 Å². The third-order valence-corrected chi connectivity index (χ3v) is 2.18. The van der Waals surface area contributed by atoms with Crippen molar-refractivity contribution >= 4 is 5.69 Å². The topological polar surface area (TPSA) is 48.1 Å². The van der Waals surface area contributed by atoms with Crippen molar-refractivity contribution in [1.82, 2.24) is 4.98 Å². The van der Waals surface area contributed by atoms with Crippen molar-refractivity contribution in [3.63, 3.8) is 0 Å². The number of pyridine rings is 1. The predicted octanol–water partition coefficient (Wildman–Crippen LogP) is 2.34. The van der Waals surface area contributed by atoms with Crippen LogP contribution in [0.3, 0.4) is 0 Å². The molecular formula is C12H12N2O. The van der Waals surface area contributed by atoms with Gasteiger partial charge in [0.2, 0.25) is 0 Å². The van der Waals surface area contributed by atoms with E-state index in [9.17, 15) is 0 Å². The van der Waals surface area contributed by atoms with Crippen LogP contribution in [0.15, 0.2) is 42.6 Å². The molecule has 0 bridgehead atoms. The van der Waals surface area contributed by atoms with Gasteiger partial charge in [0.1, 0.15) is 5.75 Å². The summed E-state index contributed by atoms with van der Waals surface area (Å²) >= 11 is 0. The highest BCUT2D eigenvalue weighted by molar-refractivity contribution is 5.72. The van der Waals surface area contributed by atoms with Gasteiger partial charge in [0.05, 0.1) is 18.5 Å². The molecule has 0 aliphatic rings. The minimum Gasteiger partial charge on any atom is -0.497 e. The Labute approximate surface area is 88.5 Å². The summed E-state index contributed by atoms with van der Waals surface area (Å²) in [6.45, 7) is 0. The fourth-order valence-electron chi connectivity index (χ4n) is 1.43. The summed E-state index contributed by atoms with van der Waals surface area (Å²) in [6, 6.07) is 11.3. The molecule has 2 rings (SSSR count). The lowest BCUT2D eigenvalue weighted by Crippen LogP contribution is -1.92. The van der Waals surface area contributed by atoms with Crippen molar-refractivity contribution in [3.8, 4) is 17.0 Å². The SMILES string of the molecule is COc1cccc(-c2ncccc2N)c1. The van der Waals surface area contributed by atoms with Crippen molar-refractivity contribution in [2.75, 3.05) is 12.8 Å². The van der Waals surface area contributed by atoms with E-state index < -0.39 is 0 Å². The molecule has 0 saturated carbocycles. The molecule has 0 spiro atoms. The molecule has 3 nitrogen and oxygen atoms in total. The number of methoxy groups -OCH3 is 1. The minimum absolute atomic E-state index is 0.672. The second-order valence-corrected chi connectivity index (χ2v) is 3.17. The Morgan fingerprint density at radius 1 is 1.20 bits per heavy atom. The van der Waals surface area contributed by atoms with Crippen LogP contribution in [0.4, 0.5) is 5.69 Å². The Morgan fingerprint density at radius 3 is 2.80 bits per heavy atom. The lowest BCUT2D eigenvalue weighted by Gasteiger charge is -2.05. The monoisotopic (exact) mass is 200 g/mol. The Hall–Kier alpha value is -2.03. The smallest absolute Gasteiger partial charge is 0.119 e. The highest BCUT2D eigenvalue weighted by atomic mass is 16.5. The summed E-state index contributed by atoms with van der Waals surface area (Å²) in [6.07, 6.45) is 1.73. The third-order valence-electron chi connectivity index (χ3n) is 2.18. The molecule has 76 valence electrons. The summed E-state index contributed by atoms with van der Waals surface area (Å²) < 4.78 is 5.15. The zero-order valence-corrected chi connectivity index (χ0v) is 8.47. The van der Waals surface area contributed by atoms with Crippen LogP contribution in [0.2, 0.25) is 0 Å². The van der Waals surface area contributed by atoms with Crippen molar-refractivity contribution in [2.45, 2.75) is 0 Å². The lowest BCUT2D eigenvalue weighted by molar-refractivity contribution is 0.415. The number of nitrogens with zero attached hydrogens (tertiary/aromatic N) is 1. The molecule has 0 aliphatic carbocycles. The molecule has 0 amide bonds. The molecule has 1 aromatic carbocycles. The number of nitrogen functional groups attached to an aromatic ring is 1. The normalized spacial score (nSPS) is 9.93. The molecule has 0 atom stereocenters. The second kappa shape index (κ2) is 4.00. The molecule has 15 heavy (non-hydrogen) atoms. The first kappa shape index (κ1) is 9.52. The van der Waals surface area contributed by atoms with E-state index in [-0.39, 0.29) is 0 Å². The molecule has 1 heterocycles. The van der Waals surface area contributed by atoms with Gasteiger partial charge in [0.15, 0.2) is 0 Å². The maximum absolute atomic E-state index is 5.84. The summed E-state index contributed by atoms with van der Waals surface area (Å²) in [4.78, 5) is 4.24. The van der Waals surface area contributed by atoms with E-state index in [2.05, 4.69) is 4.98 Å². The maximum atomic E-state index is 5.84. The largest absolute Gasteiger partial charge is 0.497 e. The minimum atomic E-state index is 0.672. The highest BCUT2D eigenvalue weighted by Crippen LogP contribution is 2.25. The van der Waals surface area contributed by atoms with E-state index in [1.165, 1.54) is 0 Å². The van der Waals surface area contributed by atoms with Crippen LogP contribution in [0.25, 0.3) is 11.3 Å². The van der Waals surface area contributed by atoms with Crippen LogP contribution in [0, 0.1) is 0 Å². The van der Waals surface area contributed by atoms with Crippen molar-refractivity contribution < 1.29 is 4.74 Å². The van der Waals surface area contributed by atoms with Crippen molar-refractivity contribution in [3.05, 3.63) is 42.6 Å². The van der Waals surface area contributed by atoms with Gasteiger partial charge < -0.3 is 10.5 Å². The van der Waals surface area contributed by atoms with Crippen LogP contribution >= 0.6 is 0 Å². The van der Waals surface area contributed by atoms with Crippen LogP contribution in [-0.4, -0.2) is 12.1 Å². The first-order chi connectivity index (χ1) is 7.31. The standard InChI is InChI=1S/C12H12N2O/c1-15-10-5-2-4-9(8-10)12-11(13)6-3-7-14-12/h2-8H,13H2,1H3. The van der Waals surface area contributed by atoms with Gasteiger partial charge in [-0.1, -0.05) is 12.1 Å². The molecule has 2 aromatic rings. The van der Waals surface area contributed by atoms with E-state index >= 15 is 0 Å². The van der Waals surface area contributed by atoms with E-state index in [4.69, 9.17) is 10.5 Å². The number of hydrogen-bond donors (Lipinski definition) is 1. The van der Waals surface area contributed by atoms with E-state index in [1.807, 2.05) is 36.4 Å². The van der Waals surface area contributed by atoms with Crippen LogP contribution < -0.4 is 10.5 Å². The first-order valence-corrected chi connectivity index (χ1v) is 4.66. The molecule has 2 N–H and O–H groups in total. The molecule has 0 unspecified atom stereocenters. The van der Waals surface area contributed by atoms with E-state index in [1.54, 1.807) is 13.3 Å². The Morgan fingerprint density at radius 2 is 2.07 bits per heavy atom. The molecular weight excluding hydrogens is 188 g/mol. The van der Waals surface area contributed by atoms with Gasteiger partial charge in [-0.15, -0.1) is 0 Å². The van der Waals surface area contributed by atoms with Crippen molar-refractivity contribution in [1.29, 1.82) is 0 Å². The second-order valence-electron chi connectivity index (χ2n) is 3.17. The van der Waals surface area contributed by atoms with Crippen molar-refractivity contribution in [2.24, 2.45) is 0 Å². The fourth-order valence-corrected chi connectivity index (χ4v) is 1.43. The fraction of sp³-hybridized carbons (Fsp3) is 0.0833. The highest BCUT2D eigenvalue weighted by Gasteiger charge is 2.03. The Bertz CT molecular complexity index is 469. The average Bonchev–Trinajstić information content (AvgIpc) is 2.30.